The van der Waals surface area contributed by atoms with Crippen molar-refractivity contribution in [2.24, 2.45) is 5.73 Å². The Kier molecular flexibility index (Phi) is 8.42. The van der Waals surface area contributed by atoms with E-state index in [1.165, 1.54) is 34.9 Å². The van der Waals surface area contributed by atoms with E-state index in [-0.39, 0.29) is 15.8 Å². The van der Waals surface area contributed by atoms with Crippen LogP contribution in [0.4, 0.5) is 13.2 Å². The molecule has 2 N–H and O–H groups in total. The van der Waals surface area contributed by atoms with Crippen molar-refractivity contribution in [2.45, 2.75) is 27.9 Å². The van der Waals surface area contributed by atoms with Crippen LogP contribution in [0, 0.1) is 0 Å². The van der Waals surface area contributed by atoms with Gasteiger partial charge in [0.2, 0.25) is 5.91 Å². The highest BCUT2D eigenvalue weighted by atomic mass is 32.2. The lowest BCUT2D eigenvalue weighted by Gasteiger charge is -2.48. The molecule has 2 atom stereocenters. The van der Waals surface area contributed by atoms with Gasteiger partial charge in [0.25, 0.3) is 0 Å². The van der Waals surface area contributed by atoms with Crippen molar-refractivity contribution in [3.8, 4) is 0 Å². The van der Waals surface area contributed by atoms with Gasteiger partial charge in [-0.2, -0.15) is 13.2 Å². The Morgan fingerprint density at radius 2 is 1.66 bits per heavy atom. The summed E-state index contributed by atoms with van der Waals surface area (Å²) in [6.45, 7) is 0. The molecular weight excluding hydrogens is 630 g/mol. The Morgan fingerprint density at radius 1 is 1.00 bits per heavy atom. The summed E-state index contributed by atoms with van der Waals surface area (Å²) >= 11 is 3.61. The maximum atomic E-state index is 13.8. The number of thioether (sulfide) groups is 2. The van der Waals surface area contributed by atoms with E-state index >= 15 is 0 Å². The number of nitrogens with zero attached hydrogens (tertiary/aromatic N) is 1. The number of benzene rings is 3. The summed E-state index contributed by atoms with van der Waals surface area (Å²) < 4.78 is 47.2. The second kappa shape index (κ2) is 12.3. The molecule has 3 heterocycles. The molecule has 0 bridgehead atoms. The lowest BCUT2D eigenvalue weighted by atomic mass is 10.0. The van der Waals surface area contributed by atoms with Gasteiger partial charge in [-0.05, 0) is 40.3 Å². The van der Waals surface area contributed by atoms with Crippen molar-refractivity contribution in [3.63, 3.8) is 0 Å². The van der Waals surface area contributed by atoms with Gasteiger partial charge in [-0.25, -0.2) is 4.79 Å². The van der Waals surface area contributed by atoms with Crippen LogP contribution in [0.2, 0.25) is 0 Å². The highest BCUT2D eigenvalue weighted by Crippen LogP contribution is 2.42. The van der Waals surface area contributed by atoms with Crippen molar-refractivity contribution in [2.75, 3.05) is 5.75 Å². The minimum Gasteiger partial charge on any atom is -0.448 e. The molecule has 1 saturated heterocycles. The van der Waals surface area contributed by atoms with Gasteiger partial charge < -0.3 is 10.5 Å². The van der Waals surface area contributed by atoms with Crippen molar-refractivity contribution < 1.29 is 27.5 Å². The van der Waals surface area contributed by atoms with Crippen LogP contribution in [0.25, 0.3) is 10.1 Å². The standard InChI is InChI=1S/C32H23F3N2O4S3/c33-32(34,35)21-12-7-13-23-25(21)22(38)16-24(44-23)42-15-14-20-17-43-30-26(36)29(39)37(30)27(20)31(40)41-28(18-8-3-1-4-9-18)19-10-5-2-6-11-19/h1-16,26,28,30H,17,36H2/b15-14+/t26-,30-/m1/s1. The maximum Gasteiger partial charge on any atom is 0.417 e. The first-order chi connectivity index (χ1) is 21.1. The SMILES string of the molecule is N[C@@H]1C(=O)N2C(C(=O)OC(c3ccccc3)c3ccccc3)=C(/C=C/Sc3cc(=O)c4c(C(F)(F)F)cccc4s3)CS[C@H]12. The number of esters is 1. The molecule has 2 aliphatic rings. The Labute approximate surface area is 262 Å². The molecule has 6 rings (SSSR count). The molecule has 44 heavy (non-hydrogen) atoms. The first-order valence-corrected chi connectivity index (χ1v) is 16.1. The molecule has 1 fully saturated rings. The van der Waals surface area contributed by atoms with E-state index in [0.717, 1.165) is 40.3 Å². The fourth-order valence-corrected chi connectivity index (χ4v) is 8.35. The fraction of sp³-hybridized carbons (Fsp3) is 0.156. The predicted molar refractivity (Wildman–Crippen MR) is 167 cm³/mol. The molecule has 4 aromatic rings. The van der Waals surface area contributed by atoms with Gasteiger partial charge in [-0.3, -0.25) is 14.5 Å². The minimum absolute atomic E-state index is 0.0932. The average Bonchev–Trinajstić information content (AvgIpc) is 3.03. The minimum atomic E-state index is -4.65. The van der Waals surface area contributed by atoms with Gasteiger partial charge in [-0.1, -0.05) is 78.5 Å². The number of ether oxygens (including phenoxy) is 1. The van der Waals surface area contributed by atoms with Crippen LogP contribution in [0.3, 0.4) is 0 Å². The summed E-state index contributed by atoms with van der Waals surface area (Å²) in [5, 5.41) is 0.875. The largest absolute Gasteiger partial charge is 0.448 e. The van der Waals surface area contributed by atoms with Crippen LogP contribution >= 0.6 is 34.9 Å². The monoisotopic (exact) mass is 652 g/mol. The van der Waals surface area contributed by atoms with Gasteiger partial charge >= 0.3 is 12.1 Å². The molecule has 12 heteroatoms. The predicted octanol–water partition coefficient (Wildman–Crippen LogP) is 6.72. The van der Waals surface area contributed by atoms with Crippen molar-refractivity contribution in [1.29, 1.82) is 0 Å². The molecule has 0 radical (unpaired) electrons. The topological polar surface area (TPSA) is 89.7 Å². The van der Waals surface area contributed by atoms with E-state index in [1.807, 2.05) is 60.7 Å². The Bertz CT molecular complexity index is 1820. The lowest BCUT2D eigenvalue weighted by Crippen LogP contribution is -2.68. The van der Waals surface area contributed by atoms with E-state index in [9.17, 15) is 27.6 Å². The maximum absolute atomic E-state index is 13.8. The van der Waals surface area contributed by atoms with E-state index < -0.39 is 46.6 Å². The van der Waals surface area contributed by atoms with Crippen LogP contribution < -0.4 is 11.2 Å². The zero-order chi connectivity index (χ0) is 31.0. The molecule has 0 spiro atoms. The first-order valence-electron chi connectivity index (χ1n) is 13.3. The number of carbonyl (C=O) groups excluding carboxylic acids is 2. The van der Waals surface area contributed by atoms with Crippen molar-refractivity contribution in [3.05, 3.63) is 135 Å². The third kappa shape index (κ3) is 5.82. The zero-order valence-corrected chi connectivity index (χ0v) is 25.1. The Balaban J connectivity index is 1.32. The normalized spacial score (nSPS) is 18.6. The van der Waals surface area contributed by atoms with Crippen molar-refractivity contribution >= 4 is 56.8 Å². The summed E-state index contributed by atoms with van der Waals surface area (Å²) in [6, 6.07) is 22.6. The van der Waals surface area contributed by atoms with Gasteiger partial charge in [0, 0.05) is 16.5 Å². The molecule has 2 aliphatic heterocycles. The number of carbonyl (C=O) groups is 2. The van der Waals surface area contributed by atoms with Gasteiger partial charge in [-0.15, -0.1) is 23.1 Å². The van der Waals surface area contributed by atoms with E-state index in [1.54, 1.807) is 11.5 Å². The summed E-state index contributed by atoms with van der Waals surface area (Å²) in [5.74, 6) is -0.710. The molecule has 3 aromatic carbocycles. The second-order valence-corrected chi connectivity index (χ2v) is 13.3. The number of fused-ring (bicyclic) bond motifs is 2. The molecule has 1 amide bonds. The number of rotatable bonds is 7. The number of halogens is 3. The highest BCUT2D eigenvalue weighted by molar-refractivity contribution is 8.04. The average molecular weight is 653 g/mol. The van der Waals surface area contributed by atoms with Crippen LogP contribution in [-0.4, -0.2) is 33.9 Å². The van der Waals surface area contributed by atoms with Crippen LogP contribution in [-0.2, 0) is 20.5 Å². The van der Waals surface area contributed by atoms with E-state index in [2.05, 4.69) is 0 Å². The Hall–Kier alpha value is -3.84. The highest BCUT2D eigenvalue weighted by Gasteiger charge is 2.52. The fourth-order valence-electron chi connectivity index (χ4n) is 5.07. The molecular formula is C32H23F3N2O4S3. The summed E-state index contributed by atoms with van der Waals surface area (Å²) in [6.07, 6.45) is -3.72. The number of β-lactam (4-membered cyclic amide) rings is 1. The Morgan fingerprint density at radius 3 is 2.30 bits per heavy atom. The zero-order valence-electron chi connectivity index (χ0n) is 22.7. The number of amides is 1. The third-order valence-corrected chi connectivity index (χ3v) is 10.5. The van der Waals surface area contributed by atoms with E-state index in [4.69, 9.17) is 10.5 Å². The summed E-state index contributed by atoms with van der Waals surface area (Å²) in [4.78, 5) is 40.8. The third-order valence-electron chi connectivity index (χ3n) is 7.15. The van der Waals surface area contributed by atoms with Gasteiger partial charge in [0.1, 0.15) is 17.1 Å². The number of alkyl halides is 3. The van der Waals surface area contributed by atoms with Gasteiger partial charge in [0.15, 0.2) is 11.5 Å². The van der Waals surface area contributed by atoms with Crippen molar-refractivity contribution in [1.82, 2.24) is 4.90 Å². The van der Waals surface area contributed by atoms with E-state index in [0.29, 0.717) is 15.5 Å². The molecule has 0 aliphatic carbocycles. The summed E-state index contributed by atoms with van der Waals surface area (Å²) in [5.41, 5.74) is 6.47. The molecule has 0 saturated carbocycles. The first kappa shape index (κ1) is 30.2. The smallest absolute Gasteiger partial charge is 0.417 e. The second-order valence-electron chi connectivity index (χ2n) is 9.94. The lowest BCUT2D eigenvalue weighted by molar-refractivity contribution is -0.153. The number of allylic oxidation sites excluding steroid dienone is 1. The number of nitrogens with two attached hydrogens (primary N) is 1. The number of hydrogen-bond donors (Lipinski definition) is 1. The number of hydrogen-bond acceptors (Lipinski definition) is 8. The molecule has 224 valence electrons. The summed E-state index contributed by atoms with van der Waals surface area (Å²) in [7, 11) is 0. The van der Waals surface area contributed by atoms with Gasteiger partial charge in [0.05, 0.1) is 15.2 Å². The quantitative estimate of drug-likeness (QED) is 0.135. The van der Waals surface area contributed by atoms with Crippen LogP contribution in [0.5, 0.6) is 0 Å². The van der Waals surface area contributed by atoms with Crippen LogP contribution in [0.1, 0.15) is 22.8 Å². The van der Waals surface area contributed by atoms with Crippen LogP contribution in [0.15, 0.2) is 117 Å². The molecule has 1 aromatic heterocycles. The molecule has 0 unspecified atom stereocenters. The molecule has 6 nitrogen and oxygen atoms in total.